The minimum absolute atomic E-state index is 0.138. The highest BCUT2D eigenvalue weighted by Crippen LogP contribution is 2.19. The maximum Gasteiger partial charge on any atom is 0.279 e. The van der Waals surface area contributed by atoms with Gasteiger partial charge in [-0.3, -0.25) is 9.59 Å². The van der Waals surface area contributed by atoms with Crippen LogP contribution in [0.1, 0.15) is 0 Å². The number of amides is 2. The number of halogens is 1. The Morgan fingerprint density at radius 1 is 0.931 bits per heavy atom. The molecule has 1 saturated heterocycles. The van der Waals surface area contributed by atoms with Crippen molar-refractivity contribution in [3.05, 3.63) is 53.6 Å². The predicted molar refractivity (Wildman–Crippen MR) is 115 cm³/mol. The van der Waals surface area contributed by atoms with Gasteiger partial charge in [-0.15, -0.1) is 0 Å². The van der Waals surface area contributed by atoms with E-state index in [1.807, 2.05) is 31.3 Å². The van der Waals surface area contributed by atoms with Crippen molar-refractivity contribution in [2.75, 3.05) is 62.0 Å². The molecule has 0 aliphatic carbocycles. The number of benzene rings is 2. The van der Waals surface area contributed by atoms with E-state index in [0.29, 0.717) is 10.7 Å². The third-order valence-corrected chi connectivity index (χ3v) is 4.83. The summed E-state index contributed by atoms with van der Waals surface area (Å²) in [6, 6.07) is 14.7. The average Bonchev–Trinajstić information content (AvgIpc) is 2.70. The lowest BCUT2D eigenvalue weighted by molar-refractivity contribution is -0.862. The van der Waals surface area contributed by atoms with Crippen LogP contribution < -0.4 is 20.4 Å². The van der Waals surface area contributed by atoms with Crippen LogP contribution in [0.2, 0.25) is 5.02 Å². The van der Waals surface area contributed by atoms with Gasteiger partial charge in [0.25, 0.3) is 11.8 Å². The highest BCUT2D eigenvalue weighted by atomic mass is 35.5. The Balaban J connectivity index is 1.43. The number of nitrogens with zero attached hydrogens (tertiary/aromatic N) is 1. The maximum atomic E-state index is 12.3. The van der Waals surface area contributed by atoms with E-state index in [2.05, 4.69) is 15.5 Å². The summed E-state index contributed by atoms with van der Waals surface area (Å²) < 4.78 is 5.37. The molecule has 29 heavy (non-hydrogen) atoms. The molecule has 1 atom stereocenters. The van der Waals surface area contributed by atoms with Crippen molar-refractivity contribution in [2.24, 2.45) is 0 Å². The second-order valence-corrected chi connectivity index (χ2v) is 7.50. The second-order valence-electron chi connectivity index (χ2n) is 7.06. The maximum absolute atomic E-state index is 12.3. The van der Waals surface area contributed by atoms with Crippen LogP contribution in [0.15, 0.2) is 48.5 Å². The molecule has 1 aliphatic heterocycles. The fourth-order valence-corrected chi connectivity index (χ4v) is 3.26. The summed E-state index contributed by atoms with van der Waals surface area (Å²) >= 11 is 5.84. The molecule has 2 aromatic carbocycles. The monoisotopic (exact) mass is 417 g/mol. The van der Waals surface area contributed by atoms with Gasteiger partial charge in [0.1, 0.15) is 0 Å². The molecule has 2 aromatic rings. The highest BCUT2D eigenvalue weighted by Gasteiger charge is 2.15. The fraction of sp³-hybridized carbons (Fsp3) is 0.333. The third kappa shape index (κ3) is 6.74. The van der Waals surface area contributed by atoms with Crippen LogP contribution in [0.3, 0.4) is 0 Å². The molecule has 1 aliphatic rings. The number of hydrogen-bond acceptors (Lipinski definition) is 4. The van der Waals surface area contributed by atoms with E-state index in [9.17, 15) is 9.59 Å². The molecule has 3 N–H and O–H groups in total. The van der Waals surface area contributed by atoms with Gasteiger partial charge in [-0.05, 0) is 48.5 Å². The Bertz CT molecular complexity index is 821. The number of quaternary nitrogens is 1. The standard InChI is InChI=1S/C21H25ClN4O3/c1-25(14-20(27)23-17-4-2-16(22)3-5-17)15-21(28)24-18-6-8-19(9-7-18)26-10-12-29-13-11-26/h2-9H,10-15H2,1H3,(H,23,27)(H,24,28)/p+1. The molecule has 0 saturated carbocycles. The van der Waals surface area contributed by atoms with E-state index < -0.39 is 0 Å². The van der Waals surface area contributed by atoms with Crippen LogP contribution in [0, 0.1) is 0 Å². The van der Waals surface area contributed by atoms with Crippen LogP contribution in [0.25, 0.3) is 0 Å². The predicted octanol–water partition coefficient (Wildman–Crippen LogP) is 1.27. The van der Waals surface area contributed by atoms with E-state index in [1.54, 1.807) is 24.3 Å². The smallest absolute Gasteiger partial charge is 0.279 e. The molecule has 2 amide bonds. The first-order valence-corrected chi connectivity index (χ1v) is 9.97. The molecule has 8 heteroatoms. The molecule has 0 bridgehead atoms. The number of carbonyl (C=O) groups excluding carboxylic acids is 2. The molecule has 0 radical (unpaired) electrons. The number of rotatable bonds is 7. The Hall–Kier alpha value is -2.61. The zero-order valence-corrected chi connectivity index (χ0v) is 17.2. The van der Waals surface area contributed by atoms with Gasteiger partial charge in [-0.2, -0.15) is 0 Å². The first kappa shape index (κ1) is 21.1. The van der Waals surface area contributed by atoms with Gasteiger partial charge >= 0.3 is 0 Å². The lowest BCUT2D eigenvalue weighted by atomic mass is 10.2. The minimum Gasteiger partial charge on any atom is -0.378 e. The van der Waals surface area contributed by atoms with Gasteiger partial charge in [0.15, 0.2) is 13.1 Å². The molecule has 0 aromatic heterocycles. The van der Waals surface area contributed by atoms with Crippen LogP contribution in [-0.4, -0.2) is 58.3 Å². The van der Waals surface area contributed by atoms with Crippen LogP contribution in [0.4, 0.5) is 17.1 Å². The third-order valence-electron chi connectivity index (χ3n) is 4.58. The molecular weight excluding hydrogens is 392 g/mol. The summed E-state index contributed by atoms with van der Waals surface area (Å²) in [5, 5.41) is 6.29. The summed E-state index contributed by atoms with van der Waals surface area (Å²) in [4.78, 5) is 27.5. The number of nitrogens with one attached hydrogen (secondary N) is 3. The number of morpholine rings is 1. The zero-order chi connectivity index (χ0) is 20.6. The second kappa shape index (κ2) is 10.2. The highest BCUT2D eigenvalue weighted by molar-refractivity contribution is 6.30. The van der Waals surface area contributed by atoms with Crippen LogP contribution in [0.5, 0.6) is 0 Å². The molecule has 1 fully saturated rings. The summed E-state index contributed by atoms with van der Waals surface area (Å²) in [6.07, 6.45) is 0. The van der Waals surface area contributed by atoms with Gasteiger partial charge in [-0.1, -0.05) is 11.6 Å². The van der Waals surface area contributed by atoms with Gasteiger partial charge in [0, 0.05) is 35.2 Å². The van der Waals surface area contributed by atoms with Crippen molar-refractivity contribution in [2.45, 2.75) is 0 Å². The summed E-state index contributed by atoms with van der Waals surface area (Å²) in [5.41, 5.74) is 2.54. The van der Waals surface area contributed by atoms with E-state index in [-0.39, 0.29) is 24.9 Å². The van der Waals surface area contributed by atoms with Gasteiger partial charge in [-0.25, -0.2) is 0 Å². The van der Waals surface area contributed by atoms with Crippen molar-refractivity contribution in [3.63, 3.8) is 0 Å². The quantitative estimate of drug-likeness (QED) is 0.634. The Kier molecular flexibility index (Phi) is 7.46. The molecular formula is C21H26ClN4O3+. The van der Waals surface area contributed by atoms with Gasteiger partial charge < -0.3 is 25.2 Å². The Labute approximate surface area is 175 Å². The van der Waals surface area contributed by atoms with Gasteiger partial charge in [0.05, 0.1) is 20.3 Å². The minimum atomic E-state index is -0.160. The van der Waals surface area contributed by atoms with Crippen molar-refractivity contribution in [3.8, 4) is 0 Å². The lowest BCUT2D eigenvalue weighted by Gasteiger charge is -2.28. The SMILES string of the molecule is C[NH+](CC(=O)Nc1ccc(Cl)cc1)CC(=O)Nc1ccc(N2CCOCC2)cc1. The summed E-state index contributed by atoms with van der Waals surface area (Å²) in [6.45, 7) is 3.60. The Morgan fingerprint density at radius 3 is 1.93 bits per heavy atom. The fourth-order valence-electron chi connectivity index (χ4n) is 3.13. The molecule has 7 nitrogen and oxygen atoms in total. The number of carbonyl (C=O) groups is 2. The summed E-state index contributed by atoms with van der Waals surface area (Å²) in [7, 11) is 1.81. The topological polar surface area (TPSA) is 75.1 Å². The van der Waals surface area contributed by atoms with Crippen LogP contribution >= 0.6 is 11.6 Å². The molecule has 3 rings (SSSR count). The number of hydrogen-bond donors (Lipinski definition) is 3. The normalized spacial score (nSPS) is 14.9. The lowest BCUT2D eigenvalue weighted by Crippen LogP contribution is -3.11. The van der Waals surface area contributed by atoms with Crippen molar-refractivity contribution in [1.29, 1.82) is 0 Å². The Morgan fingerprint density at radius 2 is 1.41 bits per heavy atom. The summed E-state index contributed by atoms with van der Waals surface area (Å²) in [5.74, 6) is -0.298. The van der Waals surface area contributed by atoms with E-state index in [1.165, 1.54) is 0 Å². The van der Waals surface area contributed by atoms with Crippen molar-refractivity contribution >= 4 is 40.5 Å². The molecule has 154 valence electrons. The largest absolute Gasteiger partial charge is 0.378 e. The number of likely N-dealkylation sites (N-methyl/N-ethyl adjacent to an activating group) is 1. The zero-order valence-electron chi connectivity index (χ0n) is 16.4. The number of anilines is 3. The first-order chi connectivity index (χ1) is 14.0. The molecule has 1 heterocycles. The van der Waals surface area contributed by atoms with Crippen molar-refractivity contribution in [1.82, 2.24) is 0 Å². The molecule has 1 unspecified atom stereocenters. The van der Waals surface area contributed by atoms with Gasteiger partial charge in [0.2, 0.25) is 0 Å². The van der Waals surface area contributed by atoms with E-state index in [4.69, 9.17) is 16.3 Å². The average molecular weight is 418 g/mol. The van der Waals surface area contributed by atoms with Crippen LogP contribution in [-0.2, 0) is 14.3 Å². The molecule has 0 spiro atoms. The van der Waals surface area contributed by atoms with Crippen molar-refractivity contribution < 1.29 is 19.2 Å². The van der Waals surface area contributed by atoms with E-state index >= 15 is 0 Å². The first-order valence-electron chi connectivity index (χ1n) is 9.59. The number of ether oxygens (including phenoxy) is 1. The van der Waals surface area contributed by atoms with E-state index in [0.717, 1.165) is 42.6 Å².